The van der Waals surface area contributed by atoms with Gasteiger partial charge in [0.25, 0.3) is 5.91 Å². The van der Waals surface area contributed by atoms with Gasteiger partial charge in [-0.3, -0.25) is 9.59 Å². The van der Waals surface area contributed by atoms with Crippen molar-refractivity contribution in [2.75, 3.05) is 13.1 Å². The molecule has 3 rings (SSSR count). The number of carbonyl (C=O) groups excluding carboxylic acids is 1. The lowest BCUT2D eigenvalue weighted by atomic mass is 9.95. The molecule has 2 aromatic rings. The van der Waals surface area contributed by atoms with Crippen molar-refractivity contribution in [1.29, 1.82) is 0 Å². The highest BCUT2D eigenvalue weighted by Crippen LogP contribution is 2.23. The topological polar surface area (TPSA) is 77.8 Å². The third-order valence-electron chi connectivity index (χ3n) is 4.11. The summed E-state index contributed by atoms with van der Waals surface area (Å²) in [5.41, 5.74) is 0.470. The summed E-state index contributed by atoms with van der Waals surface area (Å²) in [5.74, 6) is -2.00. The van der Waals surface area contributed by atoms with E-state index >= 15 is 0 Å². The Kier molecular flexibility index (Phi) is 4.24. The van der Waals surface area contributed by atoms with E-state index in [1.54, 1.807) is 18.2 Å². The standard InChI is InChI=1S/C17H16ClNO4/c18-14-4-3-10-5-12(2-1-11(10)6-14)16(21)19-8-13(17(22)23)7-15(20)9-19/h1-6,13,15,20H,7-9H2,(H,22,23). The van der Waals surface area contributed by atoms with Crippen molar-refractivity contribution in [3.63, 3.8) is 0 Å². The molecule has 120 valence electrons. The van der Waals surface area contributed by atoms with Crippen LogP contribution in [0.25, 0.3) is 10.8 Å². The number of carboxylic acids is 1. The number of hydrogen-bond acceptors (Lipinski definition) is 3. The van der Waals surface area contributed by atoms with Gasteiger partial charge in [0.1, 0.15) is 0 Å². The maximum atomic E-state index is 12.6. The van der Waals surface area contributed by atoms with E-state index in [0.717, 1.165) is 10.8 Å². The van der Waals surface area contributed by atoms with Crippen molar-refractivity contribution in [3.8, 4) is 0 Å². The molecule has 1 saturated heterocycles. The van der Waals surface area contributed by atoms with Gasteiger partial charge >= 0.3 is 5.97 Å². The molecule has 2 atom stereocenters. The minimum absolute atomic E-state index is 0.115. The van der Waals surface area contributed by atoms with Gasteiger partial charge in [-0.05, 0) is 41.5 Å². The molecular weight excluding hydrogens is 318 g/mol. The number of hydrogen-bond donors (Lipinski definition) is 2. The van der Waals surface area contributed by atoms with Crippen molar-refractivity contribution >= 4 is 34.2 Å². The summed E-state index contributed by atoms with van der Waals surface area (Å²) in [6, 6.07) is 10.7. The van der Waals surface area contributed by atoms with Gasteiger partial charge in [0.2, 0.25) is 0 Å². The van der Waals surface area contributed by atoms with Gasteiger partial charge in [0, 0.05) is 23.7 Å². The second-order valence-electron chi connectivity index (χ2n) is 5.84. The number of halogens is 1. The molecule has 0 aliphatic carbocycles. The molecule has 5 nitrogen and oxygen atoms in total. The van der Waals surface area contributed by atoms with Gasteiger partial charge in [-0.1, -0.05) is 23.7 Å². The number of aliphatic hydroxyl groups is 1. The van der Waals surface area contributed by atoms with E-state index in [1.807, 2.05) is 18.2 Å². The number of benzene rings is 2. The van der Waals surface area contributed by atoms with E-state index < -0.39 is 18.0 Å². The number of carbonyl (C=O) groups is 2. The Morgan fingerprint density at radius 1 is 1.09 bits per heavy atom. The highest BCUT2D eigenvalue weighted by molar-refractivity contribution is 6.31. The molecule has 0 saturated carbocycles. The zero-order chi connectivity index (χ0) is 16.6. The Morgan fingerprint density at radius 3 is 2.52 bits per heavy atom. The molecule has 0 bridgehead atoms. The molecule has 0 radical (unpaired) electrons. The number of piperidine rings is 1. The number of likely N-dealkylation sites (tertiary alicyclic amines) is 1. The summed E-state index contributed by atoms with van der Waals surface area (Å²) < 4.78 is 0. The number of amides is 1. The van der Waals surface area contributed by atoms with Crippen molar-refractivity contribution in [2.24, 2.45) is 5.92 Å². The number of carboxylic acid groups (broad SMARTS) is 1. The molecule has 1 heterocycles. The van der Waals surface area contributed by atoms with Gasteiger partial charge in [0.05, 0.1) is 12.0 Å². The van der Waals surface area contributed by atoms with Crippen molar-refractivity contribution in [3.05, 3.63) is 47.0 Å². The summed E-state index contributed by atoms with van der Waals surface area (Å²) in [6.07, 6.45) is -0.636. The van der Waals surface area contributed by atoms with Crippen LogP contribution in [0.5, 0.6) is 0 Å². The predicted octanol–water partition coefficient (Wildman–Crippen LogP) is 2.40. The summed E-state index contributed by atoms with van der Waals surface area (Å²) in [4.78, 5) is 25.2. The molecule has 1 amide bonds. The Hall–Kier alpha value is -2.11. The lowest BCUT2D eigenvalue weighted by molar-refractivity contribution is -0.144. The van der Waals surface area contributed by atoms with E-state index in [4.69, 9.17) is 16.7 Å². The highest BCUT2D eigenvalue weighted by Gasteiger charge is 2.33. The number of fused-ring (bicyclic) bond motifs is 1. The fourth-order valence-corrected chi connectivity index (χ4v) is 3.13. The average molecular weight is 334 g/mol. The second-order valence-corrected chi connectivity index (χ2v) is 6.28. The van der Waals surface area contributed by atoms with E-state index in [1.165, 1.54) is 4.90 Å². The zero-order valence-corrected chi connectivity index (χ0v) is 13.0. The smallest absolute Gasteiger partial charge is 0.308 e. The maximum absolute atomic E-state index is 12.6. The van der Waals surface area contributed by atoms with Crippen molar-refractivity contribution in [2.45, 2.75) is 12.5 Å². The SMILES string of the molecule is O=C(O)C1CC(O)CN(C(=O)c2ccc3cc(Cl)ccc3c2)C1. The van der Waals surface area contributed by atoms with Crippen LogP contribution in [0.15, 0.2) is 36.4 Å². The maximum Gasteiger partial charge on any atom is 0.308 e. The molecule has 0 aromatic heterocycles. The highest BCUT2D eigenvalue weighted by atomic mass is 35.5. The molecule has 23 heavy (non-hydrogen) atoms. The predicted molar refractivity (Wildman–Crippen MR) is 86.6 cm³/mol. The van der Waals surface area contributed by atoms with Gasteiger partial charge in [0.15, 0.2) is 0 Å². The van der Waals surface area contributed by atoms with Crippen molar-refractivity contribution in [1.82, 2.24) is 4.90 Å². The molecule has 6 heteroatoms. The first-order chi connectivity index (χ1) is 10.9. The summed E-state index contributed by atoms with van der Waals surface area (Å²) in [7, 11) is 0. The number of β-amino-alcohol motifs (C(OH)–C–C–N with tert-alkyl or cyclic N) is 1. The molecule has 1 aliphatic rings. The number of rotatable bonds is 2. The van der Waals surface area contributed by atoms with Crippen LogP contribution in [-0.4, -0.2) is 46.2 Å². The van der Waals surface area contributed by atoms with Gasteiger partial charge in [-0.25, -0.2) is 0 Å². The molecule has 2 unspecified atom stereocenters. The molecule has 0 spiro atoms. The van der Waals surface area contributed by atoms with Crippen LogP contribution in [0.2, 0.25) is 5.02 Å². The first-order valence-corrected chi connectivity index (χ1v) is 7.71. The molecule has 2 N–H and O–H groups in total. The van der Waals surface area contributed by atoms with Crippen LogP contribution in [0, 0.1) is 5.92 Å². The lowest BCUT2D eigenvalue weighted by Gasteiger charge is -2.33. The Balaban J connectivity index is 1.87. The van der Waals surface area contributed by atoms with Gasteiger partial charge in [-0.15, -0.1) is 0 Å². The van der Waals surface area contributed by atoms with E-state index in [-0.39, 0.29) is 25.4 Å². The normalized spacial score (nSPS) is 21.4. The van der Waals surface area contributed by atoms with Gasteiger partial charge < -0.3 is 15.1 Å². The summed E-state index contributed by atoms with van der Waals surface area (Å²) in [5, 5.41) is 21.4. The lowest BCUT2D eigenvalue weighted by Crippen LogP contribution is -2.48. The Labute approximate surface area is 138 Å². The summed E-state index contributed by atoms with van der Waals surface area (Å²) >= 11 is 5.95. The second kappa shape index (κ2) is 6.18. The van der Waals surface area contributed by atoms with E-state index in [0.29, 0.717) is 10.6 Å². The van der Waals surface area contributed by atoms with Gasteiger partial charge in [-0.2, -0.15) is 0 Å². The number of nitrogens with zero attached hydrogens (tertiary/aromatic N) is 1. The monoisotopic (exact) mass is 333 g/mol. The van der Waals surface area contributed by atoms with Crippen LogP contribution in [0.3, 0.4) is 0 Å². The van der Waals surface area contributed by atoms with E-state index in [9.17, 15) is 14.7 Å². The molecule has 2 aromatic carbocycles. The first-order valence-electron chi connectivity index (χ1n) is 7.33. The van der Waals surface area contributed by atoms with Crippen LogP contribution in [0.1, 0.15) is 16.8 Å². The third kappa shape index (κ3) is 3.30. The Bertz CT molecular complexity index is 776. The quantitative estimate of drug-likeness (QED) is 0.884. The van der Waals surface area contributed by atoms with Crippen LogP contribution in [0.4, 0.5) is 0 Å². The van der Waals surface area contributed by atoms with Crippen molar-refractivity contribution < 1.29 is 19.8 Å². The minimum atomic E-state index is -0.991. The third-order valence-corrected chi connectivity index (χ3v) is 4.35. The molecular formula is C17H16ClNO4. The molecule has 1 fully saturated rings. The molecule has 1 aliphatic heterocycles. The first kappa shape index (κ1) is 15.8. The zero-order valence-electron chi connectivity index (χ0n) is 12.3. The number of aliphatic hydroxyl groups excluding tert-OH is 1. The summed E-state index contributed by atoms with van der Waals surface area (Å²) in [6.45, 7) is 0.269. The fraction of sp³-hybridized carbons (Fsp3) is 0.294. The van der Waals surface area contributed by atoms with Crippen LogP contribution in [-0.2, 0) is 4.79 Å². The van der Waals surface area contributed by atoms with E-state index in [2.05, 4.69) is 0 Å². The Morgan fingerprint density at radius 2 is 1.78 bits per heavy atom. The largest absolute Gasteiger partial charge is 0.481 e. The van der Waals surface area contributed by atoms with Crippen LogP contribution >= 0.6 is 11.6 Å². The van der Waals surface area contributed by atoms with Crippen LogP contribution < -0.4 is 0 Å². The minimum Gasteiger partial charge on any atom is -0.481 e. The average Bonchev–Trinajstić information content (AvgIpc) is 2.53. The number of aliphatic carboxylic acids is 1. The fourth-order valence-electron chi connectivity index (χ4n) is 2.95.